The molecule has 1 aliphatic heterocycles. The molecule has 1 atom stereocenters. The number of carbonyl (C=O) groups excluding carboxylic acids is 3. The van der Waals surface area contributed by atoms with Crippen molar-refractivity contribution in [1.82, 2.24) is 20.5 Å². The Balaban J connectivity index is 1.52. The van der Waals surface area contributed by atoms with Crippen molar-refractivity contribution in [2.75, 3.05) is 26.2 Å². The maximum Gasteiger partial charge on any atom is 0.255 e. The molecule has 0 radical (unpaired) electrons. The van der Waals surface area contributed by atoms with Crippen LogP contribution in [0.5, 0.6) is 0 Å². The first-order valence-corrected chi connectivity index (χ1v) is 11.4. The van der Waals surface area contributed by atoms with Gasteiger partial charge in [-0.3, -0.25) is 19.4 Å². The molecule has 2 aromatic rings. The Hall–Kier alpha value is -3.22. The minimum Gasteiger partial charge on any atom is -0.356 e. The van der Waals surface area contributed by atoms with E-state index in [4.69, 9.17) is 0 Å². The van der Waals surface area contributed by atoms with Crippen LogP contribution in [0.1, 0.15) is 48.0 Å². The monoisotopic (exact) mass is 436 g/mol. The fourth-order valence-electron chi connectivity index (χ4n) is 3.93. The van der Waals surface area contributed by atoms with Gasteiger partial charge < -0.3 is 15.5 Å². The number of aromatic nitrogens is 1. The van der Waals surface area contributed by atoms with E-state index in [0.29, 0.717) is 51.0 Å². The highest BCUT2D eigenvalue weighted by Crippen LogP contribution is 2.15. The molecular formula is C25H32N4O3. The number of hydrogen-bond donors (Lipinski definition) is 2. The molecule has 32 heavy (non-hydrogen) atoms. The minimum atomic E-state index is -0.180. The molecule has 0 bridgehead atoms. The third-order valence-electron chi connectivity index (χ3n) is 5.76. The van der Waals surface area contributed by atoms with Crippen LogP contribution in [0.15, 0.2) is 54.9 Å². The standard InChI is InChI=1S/C25H32N4O3/c30-23-13-18-29(25(32)22-10-5-14-26-19-22)17-6-11-21(12-16-27-23)24(31)28-15-4-9-20-7-2-1-3-8-20/h1-3,5,7-8,10,14,19,21H,4,6,9,11-13,15-18H2,(H,27,30)(H,28,31). The van der Waals surface area contributed by atoms with E-state index in [-0.39, 0.29) is 30.1 Å². The largest absolute Gasteiger partial charge is 0.356 e. The van der Waals surface area contributed by atoms with Crippen molar-refractivity contribution < 1.29 is 14.4 Å². The zero-order valence-electron chi connectivity index (χ0n) is 18.5. The van der Waals surface area contributed by atoms with Gasteiger partial charge in [0.2, 0.25) is 11.8 Å². The van der Waals surface area contributed by atoms with Crippen molar-refractivity contribution in [1.29, 1.82) is 0 Å². The summed E-state index contributed by atoms with van der Waals surface area (Å²) in [6.07, 6.45) is 7.22. The highest BCUT2D eigenvalue weighted by Gasteiger charge is 2.22. The highest BCUT2D eigenvalue weighted by molar-refractivity contribution is 5.94. The van der Waals surface area contributed by atoms with Gasteiger partial charge in [-0.2, -0.15) is 0 Å². The van der Waals surface area contributed by atoms with Crippen molar-refractivity contribution in [3.05, 3.63) is 66.0 Å². The van der Waals surface area contributed by atoms with Crippen LogP contribution in [0, 0.1) is 5.92 Å². The minimum absolute atomic E-state index is 0.0247. The van der Waals surface area contributed by atoms with Crippen LogP contribution in [-0.2, 0) is 16.0 Å². The molecule has 1 aromatic carbocycles. The Labute approximate surface area is 189 Å². The van der Waals surface area contributed by atoms with Crippen molar-refractivity contribution in [2.24, 2.45) is 5.92 Å². The first kappa shape index (κ1) is 23.4. The summed E-state index contributed by atoms with van der Waals surface area (Å²) in [5, 5.41) is 5.94. The number of rotatable bonds is 6. The second-order valence-corrected chi connectivity index (χ2v) is 8.14. The van der Waals surface area contributed by atoms with Crippen LogP contribution in [0.3, 0.4) is 0 Å². The molecule has 2 N–H and O–H groups in total. The van der Waals surface area contributed by atoms with Crippen molar-refractivity contribution >= 4 is 17.7 Å². The van der Waals surface area contributed by atoms with Gasteiger partial charge in [0.15, 0.2) is 0 Å². The van der Waals surface area contributed by atoms with E-state index in [0.717, 1.165) is 12.8 Å². The zero-order chi connectivity index (χ0) is 22.6. The van der Waals surface area contributed by atoms with Gasteiger partial charge >= 0.3 is 0 Å². The molecule has 2 heterocycles. The summed E-state index contributed by atoms with van der Waals surface area (Å²) in [4.78, 5) is 43.5. The highest BCUT2D eigenvalue weighted by atomic mass is 16.2. The number of nitrogens with one attached hydrogen (secondary N) is 2. The molecule has 1 aliphatic rings. The predicted molar refractivity (Wildman–Crippen MR) is 123 cm³/mol. The molecule has 1 fully saturated rings. The molecule has 1 saturated heterocycles. The summed E-state index contributed by atoms with van der Waals surface area (Å²) in [6.45, 7) is 1.97. The van der Waals surface area contributed by atoms with Crippen LogP contribution >= 0.6 is 0 Å². The summed E-state index contributed by atoms with van der Waals surface area (Å²) >= 11 is 0. The molecule has 170 valence electrons. The lowest BCUT2D eigenvalue weighted by molar-refractivity contribution is -0.126. The van der Waals surface area contributed by atoms with Crippen molar-refractivity contribution in [2.45, 2.75) is 38.5 Å². The van der Waals surface area contributed by atoms with Crippen LogP contribution < -0.4 is 10.6 Å². The lowest BCUT2D eigenvalue weighted by Crippen LogP contribution is -2.35. The third kappa shape index (κ3) is 7.48. The summed E-state index contributed by atoms with van der Waals surface area (Å²) in [5.41, 5.74) is 1.77. The first-order chi connectivity index (χ1) is 15.6. The Kier molecular flexibility index (Phi) is 9.22. The molecule has 1 unspecified atom stereocenters. The lowest BCUT2D eigenvalue weighted by Gasteiger charge is -2.23. The molecule has 1 aromatic heterocycles. The molecule has 0 spiro atoms. The second kappa shape index (κ2) is 12.6. The van der Waals surface area contributed by atoms with Gasteiger partial charge in [0.25, 0.3) is 5.91 Å². The summed E-state index contributed by atoms with van der Waals surface area (Å²) in [5.74, 6) is -0.387. The topological polar surface area (TPSA) is 91.4 Å². The van der Waals surface area contributed by atoms with Crippen LogP contribution in [-0.4, -0.2) is 53.8 Å². The molecule has 7 heteroatoms. The van der Waals surface area contributed by atoms with Gasteiger partial charge in [0.05, 0.1) is 5.56 Å². The molecular weight excluding hydrogens is 404 g/mol. The van der Waals surface area contributed by atoms with Gasteiger partial charge in [-0.1, -0.05) is 30.3 Å². The second-order valence-electron chi connectivity index (χ2n) is 8.14. The molecule has 0 saturated carbocycles. The van der Waals surface area contributed by atoms with E-state index in [1.54, 1.807) is 29.4 Å². The number of carbonyl (C=O) groups is 3. The Morgan fingerprint density at radius 2 is 1.94 bits per heavy atom. The van der Waals surface area contributed by atoms with Crippen molar-refractivity contribution in [3.63, 3.8) is 0 Å². The summed E-state index contributed by atoms with van der Waals surface area (Å²) < 4.78 is 0. The van der Waals surface area contributed by atoms with Gasteiger partial charge in [-0.25, -0.2) is 0 Å². The van der Waals surface area contributed by atoms with Gasteiger partial charge in [0.1, 0.15) is 0 Å². The maximum absolute atomic E-state index is 12.8. The smallest absolute Gasteiger partial charge is 0.255 e. The van der Waals surface area contributed by atoms with Crippen LogP contribution in [0.25, 0.3) is 0 Å². The normalized spacial score (nSPS) is 17.7. The van der Waals surface area contributed by atoms with Gasteiger partial charge in [-0.05, 0) is 49.8 Å². The number of nitrogens with zero attached hydrogens (tertiary/aromatic N) is 2. The predicted octanol–water partition coefficient (Wildman–Crippen LogP) is 2.58. The van der Waals surface area contributed by atoms with E-state index < -0.39 is 0 Å². The zero-order valence-corrected chi connectivity index (χ0v) is 18.5. The number of hydrogen-bond acceptors (Lipinski definition) is 4. The number of aryl methyl sites for hydroxylation is 1. The van der Waals surface area contributed by atoms with Gasteiger partial charge in [0, 0.05) is 50.9 Å². The number of amides is 3. The quantitative estimate of drug-likeness (QED) is 0.681. The average Bonchev–Trinajstić information content (AvgIpc) is 2.87. The van der Waals surface area contributed by atoms with E-state index in [9.17, 15) is 14.4 Å². The van der Waals surface area contributed by atoms with Crippen LogP contribution in [0.4, 0.5) is 0 Å². The Bertz CT molecular complexity index is 873. The summed E-state index contributed by atoms with van der Waals surface area (Å²) in [7, 11) is 0. The Morgan fingerprint density at radius 1 is 1.09 bits per heavy atom. The maximum atomic E-state index is 12.8. The molecule has 7 nitrogen and oxygen atoms in total. The van der Waals surface area contributed by atoms with Crippen LogP contribution in [0.2, 0.25) is 0 Å². The summed E-state index contributed by atoms with van der Waals surface area (Å²) in [6, 6.07) is 13.7. The lowest BCUT2D eigenvalue weighted by atomic mass is 9.98. The third-order valence-corrected chi connectivity index (χ3v) is 5.76. The van der Waals surface area contributed by atoms with E-state index >= 15 is 0 Å². The number of pyridine rings is 1. The van der Waals surface area contributed by atoms with E-state index in [1.165, 1.54) is 5.56 Å². The van der Waals surface area contributed by atoms with Gasteiger partial charge in [-0.15, -0.1) is 0 Å². The average molecular weight is 437 g/mol. The Morgan fingerprint density at radius 3 is 2.72 bits per heavy atom. The van der Waals surface area contributed by atoms with Crippen molar-refractivity contribution in [3.8, 4) is 0 Å². The first-order valence-electron chi connectivity index (χ1n) is 11.4. The fraction of sp³-hybridized carbons (Fsp3) is 0.440. The van der Waals surface area contributed by atoms with E-state index in [2.05, 4.69) is 27.8 Å². The van der Waals surface area contributed by atoms with E-state index in [1.807, 2.05) is 18.2 Å². The molecule has 3 amide bonds. The number of benzene rings is 1. The molecule has 3 rings (SSSR count). The molecule has 0 aliphatic carbocycles. The fourth-order valence-corrected chi connectivity index (χ4v) is 3.93. The SMILES string of the molecule is O=C1CCN(C(=O)c2cccnc2)CCCC(C(=O)NCCCc2ccccc2)CCN1.